The zero-order chi connectivity index (χ0) is 23.6. The lowest BCUT2D eigenvalue weighted by Crippen LogP contribution is -2.51. The van der Waals surface area contributed by atoms with Crippen LogP contribution in [0.1, 0.15) is 97.3 Å². The van der Waals surface area contributed by atoms with Crippen molar-refractivity contribution in [3.63, 3.8) is 0 Å². The van der Waals surface area contributed by atoms with Crippen molar-refractivity contribution in [2.45, 2.75) is 103 Å². The highest BCUT2D eigenvalue weighted by Crippen LogP contribution is 2.67. The number of nitrogens with one attached hydrogen (secondary N) is 1. The summed E-state index contributed by atoms with van der Waals surface area (Å²) < 4.78 is 19.6. The number of hydrogen-bond acceptors (Lipinski definition) is 4. The average molecular weight is 481 g/mol. The standard InChI is InChI=1S/C26H44N2O4S/c1-25-14-4-3-6-18(25)10-12-22(28-30)24-20-11-9-19(26(20,2)15-13-21(24)25)7-5-8-23(29)27-16-17-33(31)32/h18-22,24H,3-17H2,1-2H3,(H,27,29)(H,31,32)/t18?,19?,20?,21?,22?,24-,25-,26+/m0/s1. The van der Waals surface area contributed by atoms with Crippen LogP contribution in [0.3, 0.4) is 0 Å². The minimum atomic E-state index is -1.86. The van der Waals surface area contributed by atoms with Gasteiger partial charge >= 0.3 is 0 Å². The highest BCUT2D eigenvalue weighted by Gasteiger charge is 2.60. The first-order valence-corrected chi connectivity index (χ1v) is 14.7. The first-order chi connectivity index (χ1) is 15.8. The van der Waals surface area contributed by atoms with Gasteiger partial charge in [-0.05, 0) is 105 Å². The third kappa shape index (κ3) is 4.96. The Morgan fingerprint density at radius 2 is 1.82 bits per heavy atom. The maximum atomic E-state index is 12.1. The topological polar surface area (TPSA) is 95.8 Å². The van der Waals surface area contributed by atoms with Gasteiger partial charge in [0.2, 0.25) is 5.91 Å². The van der Waals surface area contributed by atoms with Crippen molar-refractivity contribution < 1.29 is 13.6 Å². The molecule has 188 valence electrons. The molecule has 0 saturated heterocycles. The van der Waals surface area contributed by atoms with Crippen LogP contribution in [0.4, 0.5) is 0 Å². The lowest BCUT2D eigenvalue weighted by atomic mass is 9.49. The van der Waals surface area contributed by atoms with Crippen LogP contribution in [-0.2, 0) is 15.9 Å². The average Bonchev–Trinajstić information content (AvgIpc) is 3.04. The molecule has 0 heterocycles. The van der Waals surface area contributed by atoms with E-state index in [9.17, 15) is 13.9 Å². The van der Waals surface area contributed by atoms with E-state index in [4.69, 9.17) is 4.55 Å². The molecule has 0 aromatic carbocycles. The number of nitroso groups, excluding NO2 is 1. The van der Waals surface area contributed by atoms with E-state index in [0.717, 1.165) is 25.2 Å². The Kier molecular flexibility index (Phi) is 7.99. The van der Waals surface area contributed by atoms with Gasteiger partial charge in [-0.3, -0.25) is 4.79 Å². The van der Waals surface area contributed by atoms with Gasteiger partial charge in [-0.15, -0.1) is 0 Å². The van der Waals surface area contributed by atoms with Gasteiger partial charge in [0.1, 0.15) is 0 Å². The Morgan fingerprint density at radius 3 is 2.58 bits per heavy atom. The van der Waals surface area contributed by atoms with Crippen LogP contribution in [0.25, 0.3) is 0 Å². The molecule has 0 aliphatic heterocycles. The predicted octanol–water partition coefficient (Wildman–Crippen LogP) is 5.68. The zero-order valence-corrected chi connectivity index (χ0v) is 21.4. The molecular weight excluding hydrogens is 436 g/mol. The highest BCUT2D eigenvalue weighted by atomic mass is 32.2. The molecule has 7 heteroatoms. The van der Waals surface area contributed by atoms with Crippen molar-refractivity contribution in [2.75, 3.05) is 12.3 Å². The second kappa shape index (κ2) is 10.4. The number of fused-ring (bicyclic) bond motifs is 5. The van der Waals surface area contributed by atoms with E-state index < -0.39 is 11.1 Å². The van der Waals surface area contributed by atoms with E-state index in [-0.39, 0.29) is 29.7 Å². The third-order valence-electron chi connectivity index (χ3n) is 10.8. The smallest absolute Gasteiger partial charge is 0.220 e. The highest BCUT2D eigenvalue weighted by molar-refractivity contribution is 7.79. The molecule has 6 unspecified atom stereocenters. The second-order valence-electron chi connectivity index (χ2n) is 12.1. The molecule has 6 nitrogen and oxygen atoms in total. The molecule has 0 spiro atoms. The lowest BCUT2D eigenvalue weighted by molar-refractivity contribution is -0.121. The van der Waals surface area contributed by atoms with E-state index in [1.54, 1.807) is 0 Å². The summed E-state index contributed by atoms with van der Waals surface area (Å²) in [6.07, 6.45) is 14.9. The SMILES string of the molecule is C[C@]12CCCCC1CCC(N=O)[C@@H]1C2CC[C@]2(C)C(CCCC(=O)NCCS(=O)O)CCC12. The minimum absolute atomic E-state index is 0.0105. The Labute approximate surface area is 202 Å². The van der Waals surface area contributed by atoms with Crippen molar-refractivity contribution in [1.29, 1.82) is 0 Å². The van der Waals surface area contributed by atoms with Gasteiger partial charge in [0, 0.05) is 13.0 Å². The van der Waals surface area contributed by atoms with Gasteiger partial charge in [0.15, 0.2) is 11.1 Å². The number of hydrogen-bond donors (Lipinski definition) is 2. The van der Waals surface area contributed by atoms with Crippen LogP contribution in [0.2, 0.25) is 0 Å². The maximum absolute atomic E-state index is 12.1. The van der Waals surface area contributed by atoms with Crippen LogP contribution in [0.15, 0.2) is 5.18 Å². The summed E-state index contributed by atoms with van der Waals surface area (Å²) >= 11 is -1.86. The number of carbonyl (C=O) groups is 1. The van der Waals surface area contributed by atoms with Crippen molar-refractivity contribution >= 4 is 17.0 Å². The van der Waals surface area contributed by atoms with Gasteiger partial charge in [-0.25, -0.2) is 4.21 Å². The maximum Gasteiger partial charge on any atom is 0.220 e. The first kappa shape index (κ1) is 25.3. The molecular formula is C26H44N2O4S. The molecule has 4 fully saturated rings. The zero-order valence-electron chi connectivity index (χ0n) is 20.6. The van der Waals surface area contributed by atoms with Crippen LogP contribution in [-0.4, -0.2) is 33.0 Å². The van der Waals surface area contributed by atoms with Gasteiger partial charge in [-0.1, -0.05) is 31.9 Å². The Balaban J connectivity index is 1.41. The minimum Gasteiger partial charge on any atom is -0.355 e. The van der Waals surface area contributed by atoms with Crippen molar-refractivity contribution in [3.05, 3.63) is 4.91 Å². The first-order valence-electron chi connectivity index (χ1n) is 13.5. The van der Waals surface area contributed by atoms with Gasteiger partial charge in [-0.2, -0.15) is 4.91 Å². The van der Waals surface area contributed by atoms with Gasteiger partial charge in [0.05, 0.1) is 11.8 Å². The summed E-state index contributed by atoms with van der Waals surface area (Å²) in [7, 11) is 0. The molecule has 0 aromatic heterocycles. The largest absolute Gasteiger partial charge is 0.355 e. The molecule has 9 atom stereocenters. The lowest BCUT2D eigenvalue weighted by Gasteiger charge is -2.56. The number of rotatable bonds is 8. The van der Waals surface area contributed by atoms with Crippen LogP contribution < -0.4 is 5.32 Å². The Morgan fingerprint density at radius 1 is 1.03 bits per heavy atom. The van der Waals surface area contributed by atoms with Crippen molar-refractivity contribution in [1.82, 2.24) is 5.32 Å². The fourth-order valence-corrected chi connectivity index (χ4v) is 9.32. The summed E-state index contributed by atoms with van der Waals surface area (Å²) in [6, 6.07) is -0.0105. The van der Waals surface area contributed by atoms with E-state index in [1.165, 1.54) is 57.8 Å². The summed E-state index contributed by atoms with van der Waals surface area (Å²) in [5.41, 5.74) is 0.650. The molecule has 0 radical (unpaired) electrons. The molecule has 4 aliphatic carbocycles. The quantitative estimate of drug-likeness (QED) is 0.345. The molecule has 0 bridgehead atoms. The van der Waals surface area contributed by atoms with E-state index in [1.807, 2.05) is 0 Å². The molecule has 4 aliphatic rings. The number of amides is 1. The fourth-order valence-electron chi connectivity index (χ4n) is 9.04. The summed E-state index contributed by atoms with van der Waals surface area (Å²) in [4.78, 5) is 24.2. The third-order valence-corrected chi connectivity index (χ3v) is 11.3. The molecule has 33 heavy (non-hydrogen) atoms. The molecule has 0 aromatic rings. The molecule has 4 saturated carbocycles. The van der Waals surface area contributed by atoms with Crippen LogP contribution >= 0.6 is 0 Å². The van der Waals surface area contributed by atoms with E-state index >= 15 is 0 Å². The van der Waals surface area contributed by atoms with E-state index in [2.05, 4.69) is 24.3 Å². The second-order valence-corrected chi connectivity index (χ2v) is 13.1. The fraction of sp³-hybridized carbons (Fsp3) is 0.962. The normalized spacial score (nSPS) is 43.5. The Hall–Kier alpha value is -0.820. The van der Waals surface area contributed by atoms with Crippen molar-refractivity contribution in [3.8, 4) is 0 Å². The molecule has 2 N–H and O–H groups in total. The van der Waals surface area contributed by atoms with Gasteiger partial charge in [0.25, 0.3) is 0 Å². The monoisotopic (exact) mass is 480 g/mol. The van der Waals surface area contributed by atoms with Gasteiger partial charge < -0.3 is 9.87 Å². The van der Waals surface area contributed by atoms with E-state index in [0.29, 0.717) is 35.5 Å². The van der Waals surface area contributed by atoms with Crippen LogP contribution in [0, 0.1) is 45.3 Å². The predicted molar refractivity (Wildman–Crippen MR) is 132 cm³/mol. The summed E-state index contributed by atoms with van der Waals surface area (Å²) in [6.45, 7) is 5.30. The number of carbonyl (C=O) groups excluding carboxylic acids is 1. The number of nitrogens with zero attached hydrogens (tertiary/aromatic N) is 1. The molecule has 1 amide bonds. The van der Waals surface area contributed by atoms with Crippen molar-refractivity contribution in [2.24, 2.45) is 45.6 Å². The summed E-state index contributed by atoms with van der Waals surface area (Å²) in [5.74, 6) is 3.14. The molecule has 4 rings (SSSR count). The van der Waals surface area contributed by atoms with Crippen LogP contribution in [0.5, 0.6) is 0 Å². The Bertz CT molecular complexity index is 748. The summed E-state index contributed by atoms with van der Waals surface area (Å²) in [5, 5.41) is 6.54.